The quantitative estimate of drug-likeness (QED) is 0.600. The maximum absolute atomic E-state index is 13.6. The molecule has 3 aliphatic carbocycles. The number of ether oxygens (including phenoxy) is 2. The van der Waals surface area contributed by atoms with Crippen LogP contribution >= 0.6 is 0 Å². The summed E-state index contributed by atoms with van der Waals surface area (Å²) >= 11 is 0. The van der Waals surface area contributed by atoms with Crippen LogP contribution < -0.4 is 9.47 Å². The number of aliphatic hydroxyl groups excluding tert-OH is 1. The molecule has 1 saturated heterocycles. The Labute approximate surface area is 219 Å². The van der Waals surface area contributed by atoms with E-state index < -0.39 is 10.0 Å². The van der Waals surface area contributed by atoms with Crippen LogP contribution in [0.2, 0.25) is 0 Å². The number of nitrogens with zero attached hydrogens (tertiary/aromatic N) is 2. The lowest BCUT2D eigenvalue weighted by Gasteiger charge is -2.60. The smallest absolute Gasteiger partial charge is 0.218 e. The highest BCUT2D eigenvalue weighted by atomic mass is 32.2. The normalized spacial score (nSPS) is 35.7. The molecule has 0 aromatic heterocycles. The van der Waals surface area contributed by atoms with Crippen LogP contribution in [-0.4, -0.2) is 74.3 Å². The number of rotatable bonds is 7. The number of hydrogen-bond acceptors (Lipinski definition) is 6. The van der Waals surface area contributed by atoms with Crippen molar-refractivity contribution in [1.29, 1.82) is 0 Å². The zero-order valence-electron chi connectivity index (χ0n) is 21.5. The number of likely N-dealkylation sites (tertiary alicyclic amines) is 1. The molecule has 7 nitrogen and oxygen atoms in total. The summed E-state index contributed by atoms with van der Waals surface area (Å²) in [4.78, 5) is 2.62. The van der Waals surface area contributed by atoms with Crippen molar-refractivity contribution >= 4 is 10.0 Å². The van der Waals surface area contributed by atoms with Crippen LogP contribution in [-0.2, 0) is 27.6 Å². The molecule has 5 aliphatic rings. The predicted molar refractivity (Wildman–Crippen MR) is 140 cm³/mol. The fourth-order valence-electron chi connectivity index (χ4n) is 8.17. The molecule has 37 heavy (non-hydrogen) atoms. The molecule has 1 spiro atoms. The Morgan fingerprint density at radius 3 is 2.70 bits per heavy atom. The van der Waals surface area contributed by atoms with Crippen LogP contribution in [0.1, 0.15) is 42.4 Å². The molecule has 2 unspecified atom stereocenters. The van der Waals surface area contributed by atoms with Crippen molar-refractivity contribution in [2.45, 2.75) is 67.6 Å². The fourth-order valence-corrected chi connectivity index (χ4v) is 9.62. The van der Waals surface area contributed by atoms with Crippen LogP contribution in [0.15, 0.2) is 42.5 Å². The average molecular weight is 525 g/mol. The number of likely N-dealkylation sites (N-methyl/N-ethyl adjacent to an activating group) is 1. The first kappa shape index (κ1) is 23.9. The molecule has 0 radical (unpaired) electrons. The lowest BCUT2D eigenvalue weighted by molar-refractivity contribution is -0.0759. The van der Waals surface area contributed by atoms with Crippen LogP contribution in [0.3, 0.4) is 0 Å². The largest absolute Gasteiger partial charge is 0.493 e. The standard InChI is InChI=1S/C29H36N2O5S/c1-30(37(33,34)17-18-6-4-3-5-7-18)22-10-9-21-23-14-19-8-11-25(35-2)27-26(19)29(21,28(22)36-27)12-13-31(23)16-20-15-24(20)32/h3-8,11,20-24,28,32H,9-10,12-17H2,1-2H3/t20?,21-,22-,23+,24?,28-,29-/m0/s1. The molecule has 8 heteroatoms. The van der Waals surface area contributed by atoms with Crippen LogP contribution in [0, 0.1) is 11.8 Å². The van der Waals surface area contributed by atoms with Gasteiger partial charge in [0.15, 0.2) is 11.5 Å². The van der Waals surface area contributed by atoms with Gasteiger partial charge in [0, 0.05) is 36.5 Å². The van der Waals surface area contributed by atoms with E-state index >= 15 is 0 Å². The first-order valence-corrected chi connectivity index (χ1v) is 15.2. The molecular formula is C29H36N2O5S. The fraction of sp³-hybridized carbons (Fsp3) is 0.586. The van der Waals surface area contributed by atoms with Crippen molar-refractivity contribution in [1.82, 2.24) is 9.21 Å². The van der Waals surface area contributed by atoms with Crippen molar-refractivity contribution in [3.8, 4) is 11.5 Å². The van der Waals surface area contributed by atoms with E-state index in [-0.39, 0.29) is 29.4 Å². The molecule has 2 bridgehead atoms. The zero-order valence-corrected chi connectivity index (χ0v) is 22.4. The van der Waals surface area contributed by atoms with E-state index in [4.69, 9.17) is 9.47 Å². The topological polar surface area (TPSA) is 79.3 Å². The second-order valence-corrected chi connectivity index (χ2v) is 13.8. The summed E-state index contributed by atoms with van der Waals surface area (Å²) in [5.74, 6) is 2.37. The predicted octanol–water partition coefficient (Wildman–Crippen LogP) is 2.95. The second kappa shape index (κ2) is 8.43. The lowest BCUT2D eigenvalue weighted by atomic mass is 9.51. The first-order valence-electron chi connectivity index (χ1n) is 13.6. The Bertz CT molecular complexity index is 1320. The summed E-state index contributed by atoms with van der Waals surface area (Å²) in [5.41, 5.74) is 3.19. The molecule has 198 valence electrons. The van der Waals surface area contributed by atoms with Gasteiger partial charge in [-0.3, -0.25) is 4.90 Å². The molecule has 7 atom stereocenters. The third-order valence-corrected chi connectivity index (χ3v) is 11.9. The van der Waals surface area contributed by atoms with Crippen LogP contribution in [0.4, 0.5) is 0 Å². The highest BCUT2D eigenvalue weighted by Gasteiger charge is 2.67. The van der Waals surface area contributed by atoms with Gasteiger partial charge in [-0.1, -0.05) is 36.4 Å². The third-order valence-electron chi connectivity index (χ3n) is 10.1. The molecular weight excluding hydrogens is 488 g/mol. The van der Waals surface area contributed by atoms with Crippen molar-refractivity contribution in [2.75, 3.05) is 27.2 Å². The average Bonchev–Trinajstić information content (AvgIpc) is 3.47. The summed E-state index contributed by atoms with van der Waals surface area (Å²) in [6.45, 7) is 1.91. The van der Waals surface area contributed by atoms with Gasteiger partial charge in [-0.05, 0) is 61.8 Å². The molecule has 1 N–H and O–H groups in total. The van der Waals surface area contributed by atoms with Crippen molar-refractivity contribution in [3.63, 3.8) is 0 Å². The minimum atomic E-state index is -3.54. The van der Waals surface area contributed by atoms with E-state index in [1.165, 1.54) is 11.1 Å². The summed E-state index contributed by atoms with van der Waals surface area (Å²) < 4.78 is 41.5. The van der Waals surface area contributed by atoms with Gasteiger partial charge in [0.1, 0.15) is 6.10 Å². The van der Waals surface area contributed by atoms with Crippen LogP contribution in [0.5, 0.6) is 11.5 Å². The van der Waals surface area contributed by atoms with E-state index in [2.05, 4.69) is 11.0 Å². The van der Waals surface area contributed by atoms with Crippen molar-refractivity contribution < 1.29 is 23.0 Å². The molecule has 2 aromatic carbocycles. The molecule has 0 amide bonds. The van der Waals surface area contributed by atoms with Gasteiger partial charge in [-0.15, -0.1) is 0 Å². The Morgan fingerprint density at radius 1 is 1.19 bits per heavy atom. The molecule has 2 aromatic rings. The minimum absolute atomic E-state index is 0.00831. The maximum Gasteiger partial charge on any atom is 0.218 e. The lowest BCUT2D eigenvalue weighted by Crippen LogP contribution is -2.69. The van der Waals surface area contributed by atoms with Gasteiger partial charge >= 0.3 is 0 Å². The SMILES string of the molecule is COc1ccc2c3c1O[C@H]1[C@@H](N(C)S(=O)(=O)Cc4ccccc4)CC[C@H]4[C@@H](C2)N(CC2CC2O)CC[C@@]341. The summed E-state index contributed by atoms with van der Waals surface area (Å²) in [7, 11) is -0.109. The maximum atomic E-state index is 13.6. The second-order valence-electron chi connectivity index (χ2n) is 11.8. The van der Waals surface area contributed by atoms with Gasteiger partial charge < -0.3 is 14.6 Å². The number of hydrogen-bond donors (Lipinski definition) is 1. The molecule has 2 heterocycles. The van der Waals surface area contributed by atoms with Crippen molar-refractivity contribution in [3.05, 3.63) is 59.2 Å². The Hall–Kier alpha value is -2.13. The number of benzene rings is 2. The number of sulfonamides is 1. The minimum Gasteiger partial charge on any atom is -0.493 e. The van der Waals surface area contributed by atoms with Gasteiger partial charge in [0.25, 0.3) is 0 Å². The van der Waals surface area contributed by atoms with E-state index in [1.807, 2.05) is 36.4 Å². The van der Waals surface area contributed by atoms with E-state index in [9.17, 15) is 13.5 Å². The Morgan fingerprint density at radius 2 is 1.97 bits per heavy atom. The summed E-state index contributed by atoms with van der Waals surface area (Å²) in [5, 5.41) is 10.0. The first-order chi connectivity index (χ1) is 17.8. The van der Waals surface area contributed by atoms with Gasteiger partial charge in [0.05, 0.1) is 25.0 Å². The number of piperidine rings is 1. The Balaban J connectivity index is 1.27. The molecule has 2 aliphatic heterocycles. The molecule has 7 rings (SSSR count). The summed E-state index contributed by atoms with van der Waals surface area (Å²) in [6.07, 6.45) is 4.20. The highest BCUT2D eigenvalue weighted by Crippen LogP contribution is 2.64. The van der Waals surface area contributed by atoms with Gasteiger partial charge in [-0.2, -0.15) is 4.31 Å². The number of aliphatic hydroxyl groups is 1. The Kier molecular flexibility index (Phi) is 5.46. The summed E-state index contributed by atoms with van der Waals surface area (Å²) in [6, 6.07) is 13.8. The van der Waals surface area contributed by atoms with Crippen LogP contribution in [0.25, 0.3) is 0 Å². The van der Waals surface area contributed by atoms with Gasteiger partial charge in [0.2, 0.25) is 10.0 Å². The third kappa shape index (κ3) is 3.52. The number of methoxy groups -OCH3 is 1. The zero-order chi connectivity index (χ0) is 25.5. The van der Waals surface area contributed by atoms with E-state index in [0.717, 1.165) is 62.3 Å². The van der Waals surface area contributed by atoms with Gasteiger partial charge in [-0.25, -0.2) is 8.42 Å². The van der Waals surface area contributed by atoms with Crippen molar-refractivity contribution in [2.24, 2.45) is 11.8 Å². The van der Waals surface area contributed by atoms with E-state index in [0.29, 0.717) is 17.9 Å². The molecule has 3 fully saturated rings. The molecule has 2 saturated carbocycles. The highest BCUT2D eigenvalue weighted by molar-refractivity contribution is 7.88. The monoisotopic (exact) mass is 524 g/mol. The van der Waals surface area contributed by atoms with E-state index in [1.54, 1.807) is 18.5 Å².